The van der Waals surface area contributed by atoms with Gasteiger partial charge in [-0.15, -0.1) is 0 Å². The minimum atomic E-state index is -0.802. The Kier molecular flexibility index (Phi) is 9.64. The van der Waals surface area contributed by atoms with E-state index in [-0.39, 0.29) is 18.4 Å². The van der Waals surface area contributed by atoms with Crippen molar-refractivity contribution in [2.45, 2.75) is 71.9 Å². The molecule has 1 fully saturated rings. The Bertz CT molecular complexity index is 1150. The van der Waals surface area contributed by atoms with Crippen LogP contribution in [0.2, 0.25) is 0 Å². The summed E-state index contributed by atoms with van der Waals surface area (Å²) in [6.07, 6.45) is 2.02. The van der Waals surface area contributed by atoms with E-state index in [0.29, 0.717) is 25.3 Å². The molecule has 2 amide bonds. The van der Waals surface area contributed by atoms with E-state index in [1.54, 1.807) is 46.9 Å². The number of nitrogens with zero attached hydrogens (tertiary/aromatic N) is 2. The largest absolute Gasteiger partial charge is 0.477 e. The third kappa shape index (κ3) is 7.40. The molecule has 4 N–H and O–H groups in total. The maximum Gasteiger partial charge on any atom is 0.325 e. The van der Waals surface area contributed by atoms with Crippen LogP contribution in [0.1, 0.15) is 59.1 Å². The third-order valence-electron chi connectivity index (χ3n) is 6.49. The highest BCUT2D eigenvalue weighted by molar-refractivity contribution is 5.84. The van der Waals surface area contributed by atoms with Crippen molar-refractivity contribution in [3.63, 3.8) is 0 Å². The average molecular weight is 530 g/mol. The molecule has 0 spiro atoms. The second-order valence-electron chi connectivity index (χ2n) is 10.3. The van der Waals surface area contributed by atoms with E-state index in [2.05, 4.69) is 15.7 Å². The van der Waals surface area contributed by atoms with E-state index in [0.717, 1.165) is 16.3 Å². The Morgan fingerprint density at radius 3 is 2.63 bits per heavy atom. The van der Waals surface area contributed by atoms with Gasteiger partial charge in [0, 0.05) is 31.3 Å². The van der Waals surface area contributed by atoms with Gasteiger partial charge in [-0.1, -0.05) is 12.1 Å². The molecule has 0 saturated carbocycles. The Labute approximate surface area is 223 Å². The monoisotopic (exact) mass is 529 g/mol. The van der Waals surface area contributed by atoms with Crippen LogP contribution in [-0.2, 0) is 23.9 Å². The number of fused-ring (bicyclic) bond motifs is 1. The predicted octanol–water partition coefficient (Wildman–Crippen LogP) is 2.20. The van der Waals surface area contributed by atoms with Crippen molar-refractivity contribution in [3.8, 4) is 5.88 Å². The molecule has 1 aromatic carbocycles. The second-order valence-corrected chi connectivity index (χ2v) is 10.3. The lowest BCUT2D eigenvalue weighted by atomic mass is 9.93. The van der Waals surface area contributed by atoms with Crippen molar-refractivity contribution in [1.82, 2.24) is 20.7 Å². The summed E-state index contributed by atoms with van der Waals surface area (Å²) < 4.78 is 16.7. The number of esters is 1. The molecule has 0 radical (unpaired) electrons. The quantitative estimate of drug-likeness (QED) is 0.311. The number of methoxy groups -OCH3 is 1. The predicted molar refractivity (Wildman–Crippen MR) is 142 cm³/mol. The van der Waals surface area contributed by atoms with Crippen LogP contribution in [-0.4, -0.2) is 66.3 Å². The first-order valence-corrected chi connectivity index (χ1v) is 12.8. The third-order valence-corrected chi connectivity index (χ3v) is 6.49. The number of rotatable bonds is 10. The zero-order valence-electron chi connectivity index (χ0n) is 22.9. The Balaban J connectivity index is 1.64. The van der Waals surface area contributed by atoms with Crippen LogP contribution < -0.4 is 21.2 Å². The SMILES string of the molecule is COC(C)NC(=O)C(C)(C)COc1cc2cc([C@@H](C)OC(=O)[C@@H]3CCCN(C(=O)[C@H](C)N)N3)ccc2cn1. The number of nitrogens with one attached hydrogen (secondary N) is 2. The number of aromatic nitrogens is 1. The summed E-state index contributed by atoms with van der Waals surface area (Å²) in [4.78, 5) is 41.9. The van der Waals surface area contributed by atoms with E-state index < -0.39 is 35.8 Å². The molecular formula is C27H39N5O6. The zero-order valence-corrected chi connectivity index (χ0v) is 22.9. The molecule has 4 atom stereocenters. The van der Waals surface area contributed by atoms with E-state index in [1.165, 1.54) is 12.1 Å². The highest BCUT2D eigenvalue weighted by atomic mass is 16.5. The topological polar surface area (TPSA) is 145 Å². The molecule has 1 saturated heterocycles. The number of carbonyl (C=O) groups is 3. The van der Waals surface area contributed by atoms with E-state index in [9.17, 15) is 14.4 Å². The molecule has 0 aliphatic carbocycles. The fraction of sp³-hybridized carbons (Fsp3) is 0.556. The highest BCUT2D eigenvalue weighted by Gasteiger charge is 2.31. The molecule has 11 heteroatoms. The first-order valence-electron chi connectivity index (χ1n) is 12.8. The lowest BCUT2D eigenvalue weighted by Gasteiger charge is -2.34. The molecule has 1 unspecified atom stereocenters. The average Bonchev–Trinajstić information content (AvgIpc) is 2.90. The van der Waals surface area contributed by atoms with Crippen LogP contribution in [0.4, 0.5) is 0 Å². The summed E-state index contributed by atoms with van der Waals surface area (Å²) in [5, 5.41) is 5.93. The Morgan fingerprint density at radius 2 is 1.95 bits per heavy atom. The molecule has 2 heterocycles. The molecule has 2 aromatic rings. The Morgan fingerprint density at radius 1 is 1.21 bits per heavy atom. The van der Waals surface area contributed by atoms with Crippen LogP contribution in [0.3, 0.4) is 0 Å². The number of amides is 2. The lowest BCUT2D eigenvalue weighted by molar-refractivity contribution is -0.156. The fourth-order valence-electron chi connectivity index (χ4n) is 3.92. The highest BCUT2D eigenvalue weighted by Crippen LogP contribution is 2.26. The van der Waals surface area contributed by atoms with Gasteiger partial charge >= 0.3 is 5.97 Å². The first kappa shape index (κ1) is 29.3. The zero-order chi connectivity index (χ0) is 28.0. The van der Waals surface area contributed by atoms with Gasteiger partial charge in [0.2, 0.25) is 11.8 Å². The number of hydrogen-bond donors (Lipinski definition) is 3. The van der Waals surface area contributed by atoms with Crippen LogP contribution >= 0.6 is 0 Å². The maximum absolute atomic E-state index is 12.8. The minimum Gasteiger partial charge on any atom is -0.477 e. The van der Waals surface area contributed by atoms with Crippen molar-refractivity contribution in [1.29, 1.82) is 0 Å². The van der Waals surface area contributed by atoms with E-state index in [4.69, 9.17) is 19.9 Å². The number of benzene rings is 1. The maximum atomic E-state index is 12.8. The summed E-state index contributed by atoms with van der Waals surface area (Å²) >= 11 is 0. The molecular weight excluding hydrogens is 490 g/mol. The molecule has 11 nitrogen and oxygen atoms in total. The molecule has 208 valence electrons. The summed E-state index contributed by atoms with van der Waals surface area (Å²) in [5.41, 5.74) is 8.64. The standard InChI is InChI=1S/C27H39N5O6/c1-16(28)24(33)32-11-7-8-22(31-32)25(34)38-17(2)19-9-10-20-14-29-23(13-21(20)12-19)37-15-27(4,5)26(35)30-18(3)36-6/h9-10,12-14,16-18,22,31H,7-8,11,15,28H2,1-6H3,(H,30,35)/t16-,17+,18?,22-/m0/s1. The van der Waals surface area contributed by atoms with Crippen molar-refractivity contribution in [2.24, 2.45) is 11.1 Å². The van der Waals surface area contributed by atoms with Gasteiger partial charge in [-0.2, -0.15) is 0 Å². The van der Waals surface area contributed by atoms with Gasteiger partial charge < -0.3 is 25.3 Å². The number of nitrogens with two attached hydrogens (primary N) is 1. The van der Waals surface area contributed by atoms with Crippen LogP contribution in [0.15, 0.2) is 30.5 Å². The van der Waals surface area contributed by atoms with Gasteiger partial charge in [0.05, 0.1) is 11.5 Å². The summed E-state index contributed by atoms with van der Waals surface area (Å²) in [7, 11) is 1.52. The van der Waals surface area contributed by atoms with Crippen LogP contribution in [0.5, 0.6) is 5.88 Å². The fourth-order valence-corrected chi connectivity index (χ4v) is 3.92. The van der Waals surface area contributed by atoms with Crippen LogP contribution in [0, 0.1) is 5.41 Å². The van der Waals surface area contributed by atoms with Crippen molar-refractivity contribution in [2.75, 3.05) is 20.3 Å². The van der Waals surface area contributed by atoms with E-state index in [1.807, 2.05) is 18.2 Å². The van der Waals surface area contributed by atoms with Gasteiger partial charge in [-0.25, -0.2) is 10.4 Å². The number of hydrogen-bond acceptors (Lipinski definition) is 9. The smallest absolute Gasteiger partial charge is 0.325 e. The molecule has 0 bridgehead atoms. The van der Waals surface area contributed by atoms with E-state index >= 15 is 0 Å². The number of carbonyl (C=O) groups excluding carboxylic acids is 3. The number of pyridine rings is 1. The number of hydrazine groups is 1. The minimum absolute atomic E-state index is 0.123. The van der Waals surface area contributed by atoms with Gasteiger partial charge in [0.1, 0.15) is 25.0 Å². The molecule has 38 heavy (non-hydrogen) atoms. The molecule has 3 rings (SSSR count). The second kappa shape index (κ2) is 12.5. The normalized spacial score (nSPS) is 18.4. The summed E-state index contributed by atoms with van der Waals surface area (Å²) in [6.45, 7) is 9.35. The molecule has 1 aliphatic rings. The van der Waals surface area contributed by atoms with Crippen molar-refractivity contribution >= 4 is 28.6 Å². The van der Waals surface area contributed by atoms with Gasteiger partial charge in [0.25, 0.3) is 5.91 Å². The summed E-state index contributed by atoms with van der Waals surface area (Å²) in [6, 6.07) is 6.22. The molecule has 1 aliphatic heterocycles. The van der Waals surface area contributed by atoms with Crippen molar-refractivity contribution < 1.29 is 28.6 Å². The van der Waals surface area contributed by atoms with Gasteiger partial charge in [-0.3, -0.25) is 19.4 Å². The van der Waals surface area contributed by atoms with Crippen LogP contribution in [0.25, 0.3) is 10.8 Å². The number of ether oxygens (including phenoxy) is 3. The van der Waals surface area contributed by atoms with Gasteiger partial charge in [0.15, 0.2) is 0 Å². The molecule has 1 aromatic heterocycles. The lowest BCUT2D eigenvalue weighted by Crippen LogP contribution is -2.58. The van der Waals surface area contributed by atoms with Crippen molar-refractivity contribution in [3.05, 3.63) is 36.0 Å². The van der Waals surface area contributed by atoms with Gasteiger partial charge in [-0.05, 0) is 64.5 Å². The first-order chi connectivity index (χ1) is 17.9. The summed E-state index contributed by atoms with van der Waals surface area (Å²) in [5.74, 6) is -0.500. The Hall–Kier alpha value is -3.28.